The highest BCUT2D eigenvalue weighted by Gasteiger charge is 2.28. The summed E-state index contributed by atoms with van der Waals surface area (Å²) in [6, 6.07) is 2.59. The topological polar surface area (TPSA) is 46.2 Å². The summed E-state index contributed by atoms with van der Waals surface area (Å²) in [6.45, 7) is 1.86. The summed E-state index contributed by atoms with van der Waals surface area (Å²) in [6.07, 6.45) is 0.502. The van der Waals surface area contributed by atoms with Crippen molar-refractivity contribution in [2.45, 2.75) is 25.4 Å². The molecular weight excluding hydrogens is 260 g/mol. The minimum absolute atomic E-state index is 0.0169. The molecule has 0 saturated carbocycles. The zero-order valence-electron chi connectivity index (χ0n) is 9.99. The second-order valence-electron chi connectivity index (χ2n) is 4.69. The van der Waals surface area contributed by atoms with Crippen molar-refractivity contribution in [2.75, 3.05) is 11.5 Å². The van der Waals surface area contributed by atoms with Gasteiger partial charge in [0.2, 0.25) is 0 Å². The number of nitrogens with one attached hydrogen (secondary N) is 1. The summed E-state index contributed by atoms with van der Waals surface area (Å²) in [4.78, 5) is 0. The molecule has 0 radical (unpaired) electrons. The molecule has 0 bridgehead atoms. The molecule has 1 aliphatic heterocycles. The fourth-order valence-electron chi connectivity index (χ4n) is 2.13. The van der Waals surface area contributed by atoms with Crippen LogP contribution in [0.3, 0.4) is 0 Å². The van der Waals surface area contributed by atoms with Gasteiger partial charge >= 0.3 is 0 Å². The molecule has 0 aromatic heterocycles. The molecule has 0 spiro atoms. The first-order chi connectivity index (χ1) is 8.37. The number of rotatable bonds is 1. The summed E-state index contributed by atoms with van der Waals surface area (Å²) < 4.78 is 50.0. The van der Waals surface area contributed by atoms with E-state index in [0.29, 0.717) is 6.42 Å². The highest BCUT2D eigenvalue weighted by atomic mass is 32.2. The number of benzene rings is 1. The highest BCUT2D eigenvalue weighted by Crippen LogP contribution is 2.23. The molecule has 2 unspecified atom stereocenters. The molecule has 1 saturated heterocycles. The fraction of sp³-hybridized carbons (Fsp3) is 0.500. The largest absolute Gasteiger partial charge is 0.306 e. The lowest BCUT2D eigenvalue weighted by Gasteiger charge is -2.19. The minimum Gasteiger partial charge on any atom is -0.306 e. The Morgan fingerprint density at radius 1 is 1.33 bits per heavy atom. The predicted molar refractivity (Wildman–Crippen MR) is 65.0 cm³/mol. The third-order valence-electron chi connectivity index (χ3n) is 3.11. The molecule has 1 heterocycles. The Labute approximate surface area is 105 Å². The van der Waals surface area contributed by atoms with Crippen molar-refractivity contribution >= 4 is 9.84 Å². The van der Waals surface area contributed by atoms with E-state index in [4.69, 9.17) is 0 Å². The van der Waals surface area contributed by atoms with Crippen LogP contribution in [-0.4, -0.2) is 26.0 Å². The lowest BCUT2D eigenvalue weighted by atomic mass is 10.1. The van der Waals surface area contributed by atoms with Gasteiger partial charge in [-0.05, 0) is 19.4 Å². The van der Waals surface area contributed by atoms with Crippen molar-refractivity contribution in [2.24, 2.45) is 0 Å². The normalized spacial score (nSPS) is 27.7. The number of hydrogen-bond donors (Lipinski definition) is 1. The maximum Gasteiger partial charge on any atom is 0.152 e. The Balaban J connectivity index is 2.35. The maximum atomic E-state index is 13.7. The highest BCUT2D eigenvalue weighted by molar-refractivity contribution is 7.91. The Bertz CT molecular complexity index is 545. The van der Waals surface area contributed by atoms with Gasteiger partial charge in [0.15, 0.2) is 9.84 Å². The average molecular weight is 275 g/mol. The second-order valence-corrected chi connectivity index (χ2v) is 6.92. The molecule has 1 N–H and O–H groups in total. The summed E-state index contributed by atoms with van der Waals surface area (Å²) >= 11 is 0. The van der Waals surface area contributed by atoms with Gasteiger partial charge in [-0.15, -0.1) is 0 Å². The lowest BCUT2D eigenvalue weighted by Crippen LogP contribution is -2.31. The molecule has 1 aromatic rings. The second kappa shape index (κ2) is 4.93. The van der Waals surface area contributed by atoms with Crippen LogP contribution in [0.2, 0.25) is 0 Å². The lowest BCUT2D eigenvalue weighted by molar-refractivity contribution is 0.464. The van der Waals surface area contributed by atoms with E-state index in [-0.39, 0.29) is 23.1 Å². The van der Waals surface area contributed by atoms with Crippen LogP contribution in [0.4, 0.5) is 8.78 Å². The van der Waals surface area contributed by atoms with Gasteiger partial charge in [0.25, 0.3) is 0 Å². The van der Waals surface area contributed by atoms with E-state index in [1.807, 2.05) is 6.92 Å². The molecule has 3 nitrogen and oxygen atoms in total. The Hall–Kier alpha value is -1.01. The van der Waals surface area contributed by atoms with Crippen LogP contribution in [0.1, 0.15) is 24.9 Å². The number of hydrogen-bond acceptors (Lipinski definition) is 3. The van der Waals surface area contributed by atoms with Gasteiger partial charge in [-0.1, -0.05) is 6.07 Å². The smallest absolute Gasteiger partial charge is 0.152 e. The molecule has 100 valence electrons. The summed E-state index contributed by atoms with van der Waals surface area (Å²) in [7, 11) is -3.20. The van der Waals surface area contributed by atoms with E-state index in [9.17, 15) is 17.2 Å². The Kier molecular flexibility index (Phi) is 3.68. The first-order valence-corrected chi connectivity index (χ1v) is 7.61. The molecule has 0 amide bonds. The van der Waals surface area contributed by atoms with E-state index >= 15 is 0 Å². The first kappa shape index (κ1) is 13.4. The molecule has 2 rings (SSSR count). The summed E-state index contributed by atoms with van der Waals surface area (Å²) in [5, 5.41) is 3.07. The molecule has 2 atom stereocenters. The molecule has 1 fully saturated rings. The third kappa shape index (κ3) is 3.05. The Morgan fingerprint density at radius 3 is 2.72 bits per heavy atom. The summed E-state index contributed by atoms with van der Waals surface area (Å²) in [5.41, 5.74) is 0.203. The zero-order valence-corrected chi connectivity index (χ0v) is 10.8. The van der Waals surface area contributed by atoms with Crippen molar-refractivity contribution in [3.63, 3.8) is 0 Å². The van der Waals surface area contributed by atoms with Gasteiger partial charge in [-0.2, -0.15) is 0 Å². The van der Waals surface area contributed by atoms with Crippen LogP contribution < -0.4 is 5.32 Å². The van der Waals surface area contributed by atoms with Gasteiger partial charge in [0.1, 0.15) is 11.6 Å². The maximum absolute atomic E-state index is 13.7. The molecule has 1 aliphatic rings. The van der Waals surface area contributed by atoms with Crippen LogP contribution in [0, 0.1) is 11.6 Å². The van der Waals surface area contributed by atoms with Gasteiger partial charge in [-0.25, -0.2) is 17.2 Å². The SMILES string of the molecule is CC1CCS(=O)(=O)CC(c2ccc(F)cc2F)N1. The average Bonchev–Trinajstić information content (AvgIpc) is 2.37. The standard InChI is InChI=1S/C12H15F2NO2S/c1-8-4-5-18(16,17)7-12(15-8)10-3-2-9(13)6-11(10)14/h2-3,6,8,12,15H,4-5,7H2,1H3. The van der Waals surface area contributed by atoms with E-state index in [2.05, 4.69) is 5.32 Å². The van der Waals surface area contributed by atoms with Crippen molar-refractivity contribution in [1.82, 2.24) is 5.32 Å². The number of sulfone groups is 1. The quantitative estimate of drug-likeness (QED) is 0.850. The van der Waals surface area contributed by atoms with E-state index < -0.39 is 27.5 Å². The fourth-order valence-corrected chi connectivity index (χ4v) is 3.80. The van der Waals surface area contributed by atoms with E-state index in [0.717, 1.165) is 12.1 Å². The van der Waals surface area contributed by atoms with Gasteiger partial charge in [-0.3, -0.25) is 0 Å². The summed E-state index contributed by atoms with van der Waals surface area (Å²) in [5.74, 6) is -1.43. The monoisotopic (exact) mass is 275 g/mol. The van der Waals surface area contributed by atoms with Crippen LogP contribution in [0.5, 0.6) is 0 Å². The number of halogens is 2. The van der Waals surface area contributed by atoms with Crippen molar-refractivity contribution < 1.29 is 17.2 Å². The van der Waals surface area contributed by atoms with Gasteiger partial charge in [0.05, 0.1) is 11.5 Å². The Morgan fingerprint density at radius 2 is 2.06 bits per heavy atom. The molecule has 18 heavy (non-hydrogen) atoms. The first-order valence-electron chi connectivity index (χ1n) is 5.79. The third-order valence-corrected chi connectivity index (χ3v) is 4.80. The van der Waals surface area contributed by atoms with Gasteiger partial charge < -0.3 is 5.32 Å². The van der Waals surface area contributed by atoms with Crippen molar-refractivity contribution in [3.05, 3.63) is 35.4 Å². The minimum atomic E-state index is -3.20. The van der Waals surface area contributed by atoms with E-state index in [1.54, 1.807) is 0 Å². The van der Waals surface area contributed by atoms with Crippen LogP contribution >= 0.6 is 0 Å². The molecule has 0 aliphatic carbocycles. The van der Waals surface area contributed by atoms with Crippen molar-refractivity contribution in [3.8, 4) is 0 Å². The predicted octanol–water partition coefficient (Wildman–Crippen LogP) is 1.80. The van der Waals surface area contributed by atoms with Crippen LogP contribution in [0.15, 0.2) is 18.2 Å². The van der Waals surface area contributed by atoms with E-state index in [1.165, 1.54) is 6.07 Å². The van der Waals surface area contributed by atoms with Crippen molar-refractivity contribution in [1.29, 1.82) is 0 Å². The zero-order chi connectivity index (χ0) is 13.3. The molecule has 6 heteroatoms. The van der Waals surface area contributed by atoms with Crippen LogP contribution in [-0.2, 0) is 9.84 Å². The molecule has 1 aromatic carbocycles. The van der Waals surface area contributed by atoms with Crippen LogP contribution in [0.25, 0.3) is 0 Å². The molecular formula is C12H15F2NO2S. The van der Waals surface area contributed by atoms with Gasteiger partial charge in [0, 0.05) is 23.7 Å².